The van der Waals surface area contributed by atoms with Gasteiger partial charge in [0, 0.05) is 22.4 Å². The first-order chi connectivity index (χ1) is 13.6. The Morgan fingerprint density at radius 3 is 2.32 bits per heavy atom. The van der Waals surface area contributed by atoms with Crippen LogP contribution in [-0.4, -0.2) is 19.0 Å². The number of nitrogens with one attached hydrogen (secondary N) is 1. The molecule has 2 aromatic rings. The third-order valence-electron chi connectivity index (χ3n) is 4.60. The summed E-state index contributed by atoms with van der Waals surface area (Å²) in [5.41, 5.74) is 1.98. The Labute approximate surface area is 176 Å². The van der Waals surface area contributed by atoms with Crippen molar-refractivity contribution >= 4 is 39.8 Å². The fourth-order valence-electron chi connectivity index (χ4n) is 3.03. The molecule has 1 N–H and O–H groups in total. The van der Waals surface area contributed by atoms with Crippen LogP contribution in [0, 0.1) is 0 Å². The maximum Gasteiger partial charge on any atom is 0.341 e. The smallest absolute Gasteiger partial charge is 0.341 e. The number of hydrogen-bond acceptors (Lipinski definition) is 4. The highest BCUT2D eigenvalue weighted by atomic mass is 35.5. The molecule has 1 amide bonds. The lowest BCUT2D eigenvalue weighted by atomic mass is 10.0. The maximum absolute atomic E-state index is 12.3. The van der Waals surface area contributed by atoms with Crippen LogP contribution in [0.3, 0.4) is 0 Å². The van der Waals surface area contributed by atoms with Crippen LogP contribution in [-0.2, 0) is 9.53 Å². The van der Waals surface area contributed by atoms with Crippen molar-refractivity contribution in [1.29, 1.82) is 0 Å². The SMILES string of the molecule is CCCCCCCCCC(=O)Nc1scc(-c2ccc(Cl)cc2)c1C(=O)OC. The number of thiophene rings is 1. The summed E-state index contributed by atoms with van der Waals surface area (Å²) in [4.78, 5) is 24.7. The van der Waals surface area contributed by atoms with Crippen molar-refractivity contribution in [2.45, 2.75) is 58.3 Å². The standard InChI is InChI=1S/C22H28ClNO3S/c1-3-4-5-6-7-8-9-10-19(25)24-21-20(22(26)27-2)18(15-28-21)16-11-13-17(23)14-12-16/h11-15H,3-10H2,1-2H3,(H,24,25). The van der Waals surface area contributed by atoms with E-state index < -0.39 is 5.97 Å². The zero-order valence-corrected chi connectivity index (χ0v) is 18.1. The van der Waals surface area contributed by atoms with Crippen LogP contribution in [0.15, 0.2) is 29.6 Å². The first-order valence-corrected chi connectivity index (χ1v) is 11.1. The molecule has 0 saturated carbocycles. The van der Waals surface area contributed by atoms with Crippen molar-refractivity contribution < 1.29 is 14.3 Å². The minimum Gasteiger partial charge on any atom is -0.465 e. The number of unbranched alkanes of at least 4 members (excludes halogenated alkanes) is 6. The van der Waals surface area contributed by atoms with Gasteiger partial charge >= 0.3 is 5.97 Å². The fraction of sp³-hybridized carbons (Fsp3) is 0.455. The molecule has 2 rings (SSSR count). The third-order valence-corrected chi connectivity index (χ3v) is 5.74. The Hall–Kier alpha value is -1.85. The van der Waals surface area contributed by atoms with Gasteiger partial charge < -0.3 is 10.1 Å². The van der Waals surface area contributed by atoms with Crippen molar-refractivity contribution in [1.82, 2.24) is 0 Å². The number of methoxy groups -OCH3 is 1. The summed E-state index contributed by atoms with van der Waals surface area (Å²) in [7, 11) is 1.34. The number of esters is 1. The number of benzene rings is 1. The van der Waals surface area contributed by atoms with Gasteiger partial charge in [-0.3, -0.25) is 4.79 Å². The van der Waals surface area contributed by atoms with Crippen molar-refractivity contribution in [3.8, 4) is 11.1 Å². The zero-order valence-electron chi connectivity index (χ0n) is 16.6. The normalized spacial score (nSPS) is 10.7. The fourth-order valence-corrected chi connectivity index (χ4v) is 4.13. The molecule has 1 aromatic carbocycles. The van der Waals surface area contributed by atoms with Gasteiger partial charge in [0.25, 0.3) is 0 Å². The van der Waals surface area contributed by atoms with Crippen LogP contribution >= 0.6 is 22.9 Å². The highest BCUT2D eigenvalue weighted by Gasteiger charge is 2.22. The van der Waals surface area contributed by atoms with Crippen LogP contribution < -0.4 is 5.32 Å². The van der Waals surface area contributed by atoms with E-state index in [0.29, 0.717) is 22.0 Å². The van der Waals surface area contributed by atoms with E-state index in [4.69, 9.17) is 16.3 Å². The molecule has 0 unspecified atom stereocenters. The van der Waals surface area contributed by atoms with Crippen LogP contribution in [0.1, 0.15) is 68.6 Å². The molecule has 0 fully saturated rings. The number of hydrogen-bond donors (Lipinski definition) is 1. The van der Waals surface area contributed by atoms with E-state index in [0.717, 1.165) is 24.0 Å². The second-order valence-electron chi connectivity index (χ2n) is 6.77. The summed E-state index contributed by atoms with van der Waals surface area (Å²) in [6.07, 6.45) is 8.57. The molecule has 0 spiro atoms. The van der Waals surface area contributed by atoms with Crippen molar-refractivity contribution in [2.24, 2.45) is 0 Å². The van der Waals surface area contributed by atoms with Gasteiger partial charge in [-0.1, -0.05) is 69.2 Å². The Balaban J connectivity index is 1.98. The molecular formula is C22H28ClNO3S. The Bertz CT molecular complexity index is 771. The second-order valence-corrected chi connectivity index (χ2v) is 8.09. The lowest BCUT2D eigenvalue weighted by molar-refractivity contribution is -0.116. The summed E-state index contributed by atoms with van der Waals surface area (Å²) in [5.74, 6) is -0.527. The van der Waals surface area contributed by atoms with E-state index in [-0.39, 0.29) is 5.91 Å². The number of anilines is 1. The summed E-state index contributed by atoms with van der Waals surface area (Å²) in [5, 5.41) is 5.91. The number of rotatable bonds is 11. The molecule has 152 valence electrons. The predicted molar refractivity (Wildman–Crippen MR) is 117 cm³/mol. The molecule has 0 atom stereocenters. The summed E-state index contributed by atoms with van der Waals surface area (Å²) < 4.78 is 4.94. The van der Waals surface area contributed by atoms with Crippen LogP contribution in [0.2, 0.25) is 5.02 Å². The number of carbonyl (C=O) groups excluding carboxylic acids is 2. The topological polar surface area (TPSA) is 55.4 Å². The van der Waals surface area contributed by atoms with E-state index in [2.05, 4.69) is 12.2 Å². The number of halogens is 1. The third kappa shape index (κ3) is 6.64. The largest absolute Gasteiger partial charge is 0.465 e. The first kappa shape index (κ1) is 22.4. The molecular weight excluding hydrogens is 394 g/mol. The minimum atomic E-state index is -0.461. The van der Waals surface area contributed by atoms with Gasteiger partial charge in [0.15, 0.2) is 0 Å². The quantitative estimate of drug-likeness (QED) is 0.316. The molecule has 1 aromatic heterocycles. The second kappa shape index (κ2) is 11.9. The van der Waals surface area contributed by atoms with Gasteiger partial charge in [-0.2, -0.15) is 0 Å². The Morgan fingerprint density at radius 1 is 1.04 bits per heavy atom. The van der Waals surface area contributed by atoms with Gasteiger partial charge in [-0.05, 0) is 24.1 Å². The van der Waals surface area contributed by atoms with Gasteiger partial charge in [0.1, 0.15) is 10.6 Å². The van der Waals surface area contributed by atoms with E-state index >= 15 is 0 Å². The van der Waals surface area contributed by atoms with E-state index in [1.165, 1.54) is 50.6 Å². The first-order valence-electron chi connectivity index (χ1n) is 9.82. The number of amides is 1. The summed E-state index contributed by atoms with van der Waals surface area (Å²) in [6, 6.07) is 7.24. The van der Waals surface area contributed by atoms with Gasteiger partial charge in [0.05, 0.1) is 7.11 Å². The highest BCUT2D eigenvalue weighted by Crippen LogP contribution is 2.36. The molecule has 0 aliphatic heterocycles. The Morgan fingerprint density at radius 2 is 1.68 bits per heavy atom. The molecule has 0 aliphatic carbocycles. The minimum absolute atomic E-state index is 0.0665. The van der Waals surface area contributed by atoms with E-state index in [1.807, 2.05) is 17.5 Å². The lowest BCUT2D eigenvalue weighted by Crippen LogP contribution is -2.13. The molecule has 1 heterocycles. The summed E-state index contributed by atoms with van der Waals surface area (Å²) >= 11 is 7.29. The average molecular weight is 422 g/mol. The Kier molecular flexibility index (Phi) is 9.51. The van der Waals surface area contributed by atoms with Crippen LogP contribution in [0.4, 0.5) is 5.00 Å². The maximum atomic E-state index is 12.3. The van der Waals surface area contributed by atoms with Crippen LogP contribution in [0.25, 0.3) is 11.1 Å². The number of ether oxygens (including phenoxy) is 1. The molecule has 6 heteroatoms. The number of carbonyl (C=O) groups is 2. The van der Waals surface area contributed by atoms with Crippen LogP contribution in [0.5, 0.6) is 0 Å². The van der Waals surface area contributed by atoms with E-state index in [9.17, 15) is 9.59 Å². The van der Waals surface area contributed by atoms with Gasteiger partial charge in [-0.15, -0.1) is 11.3 Å². The average Bonchev–Trinajstić information content (AvgIpc) is 3.10. The van der Waals surface area contributed by atoms with Gasteiger partial charge in [-0.25, -0.2) is 4.79 Å². The molecule has 0 saturated heterocycles. The van der Waals surface area contributed by atoms with Crippen molar-refractivity contribution in [3.05, 3.63) is 40.2 Å². The molecule has 28 heavy (non-hydrogen) atoms. The predicted octanol–water partition coefficient (Wildman–Crippen LogP) is 6.93. The molecule has 0 bridgehead atoms. The van der Waals surface area contributed by atoms with Crippen molar-refractivity contribution in [3.63, 3.8) is 0 Å². The molecule has 0 radical (unpaired) electrons. The molecule has 4 nitrogen and oxygen atoms in total. The lowest BCUT2D eigenvalue weighted by Gasteiger charge is -2.08. The van der Waals surface area contributed by atoms with E-state index in [1.54, 1.807) is 12.1 Å². The monoisotopic (exact) mass is 421 g/mol. The highest BCUT2D eigenvalue weighted by molar-refractivity contribution is 7.15. The zero-order chi connectivity index (χ0) is 20.4. The van der Waals surface area contributed by atoms with Crippen molar-refractivity contribution in [2.75, 3.05) is 12.4 Å². The molecule has 0 aliphatic rings. The van der Waals surface area contributed by atoms with Gasteiger partial charge in [0.2, 0.25) is 5.91 Å². The summed E-state index contributed by atoms with van der Waals surface area (Å²) in [6.45, 7) is 2.20.